The molecule has 3 heteroatoms. The Morgan fingerprint density at radius 3 is 2.05 bits per heavy atom. The predicted molar refractivity (Wildman–Crippen MR) is 90.7 cm³/mol. The summed E-state index contributed by atoms with van der Waals surface area (Å²) in [6, 6.07) is 6.33. The van der Waals surface area contributed by atoms with Gasteiger partial charge in [-0.15, -0.1) is 0 Å². The second kappa shape index (κ2) is 7.90. The largest absolute Gasteiger partial charge is 0.371 e. The monoisotopic (exact) mass is 296 g/mol. The molecule has 20 heavy (non-hydrogen) atoms. The maximum Gasteiger partial charge on any atom is 0.0410 e. The van der Waals surface area contributed by atoms with Gasteiger partial charge >= 0.3 is 0 Å². The summed E-state index contributed by atoms with van der Waals surface area (Å²) in [6.45, 7) is 13.2. The topological polar surface area (TPSA) is 29.3 Å². The molecule has 1 aromatic carbocycles. The summed E-state index contributed by atoms with van der Waals surface area (Å²) >= 11 is 6.16. The highest BCUT2D eigenvalue weighted by Crippen LogP contribution is 2.27. The maximum absolute atomic E-state index is 6.16. The second-order valence-corrected chi connectivity index (χ2v) is 7.08. The molecule has 0 amide bonds. The molecule has 0 aromatic heterocycles. The van der Waals surface area contributed by atoms with Gasteiger partial charge in [-0.1, -0.05) is 39.3 Å². The Kier molecular flexibility index (Phi) is 6.84. The van der Waals surface area contributed by atoms with Gasteiger partial charge in [0.1, 0.15) is 0 Å². The van der Waals surface area contributed by atoms with Crippen molar-refractivity contribution in [3.63, 3.8) is 0 Å². The number of benzene rings is 1. The fourth-order valence-corrected chi connectivity index (χ4v) is 2.72. The fourth-order valence-electron chi connectivity index (χ4n) is 2.53. The first-order valence-electron chi connectivity index (χ1n) is 7.58. The zero-order valence-electron chi connectivity index (χ0n) is 13.5. The Hall–Kier alpha value is -0.730. The Bertz CT molecular complexity index is 403. The molecule has 1 aromatic rings. The molecule has 0 radical (unpaired) electrons. The zero-order valence-corrected chi connectivity index (χ0v) is 14.2. The normalized spacial score (nSPS) is 13.1. The van der Waals surface area contributed by atoms with E-state index >= 15 is 0 Å². The van der Waals surface area contributed by atoms with Crippen LogP contribution in [0.15, 0.2) is 18.2 Å². The molecule has 0 spiro atoms. The van der Waals surface area contributed by atoms with Crippen LogP contribution in [0.2, 0.25) is 5.02 Å². The minimum absolute atomic E-state index is 0.146. The Balaban J connectivity index is 3.09. The molecule has 0 fully saturated rings. The van der Waals surface area contributed by atoms with E-state index in [1.807, 2.05) is 13.0 Å². The van der Waals surface area contributed by atoms with Crippen LogP contribution < -0.4 is 10.6 Å². The van der Waals surface area contributed by atoms with Gasteiger partial charge < -0.3 is 10.6 Å². The predicted octanol–water partition coefficient (Wildman–Crippen LogP) is 4.35. The summed E-state index contributed by atoms with van der Waals surface area (Å²) in [5.74, 6) is 1.26. The van der Waals surface area contributed by atoms with Crippen molar-refractivity contribution in [1.82, 2.24) is 0 Å². The summed E-state index contributed by atoms with van der Waals surface area (Å²) in [7, 11) is 0. The van der Waals surface area contributed by atoms with Crippen molar-refractivity contribution in [1.29, 1.82) is 0 Å². The number of nitrogens with two attached hydrogens (primary N) is 1. The van der Waals surface area contributed by atoms with Crippen molar-refractivity contribution in [2.45, 2.75) is 47.1 Å². The molecule has 0 aliphatic carbocycles. The third-order valence-electron chi connectivity index (χ3n) is 3.10. The van der Waals surface area contributed by atoms with Crippen molar-refractivity contribution >= 4 is 17.3 Å². The van der Waals surface area contributed by atoms with Crippen LogP contribution >= 0.6 is 11.6 Å². The van der Waals surface area contributed by atoms with Gasteiger partial charge in [0.2, 0.25) is 0 Å². The number of anilines is 1. The number of hydrogen-bond donors (Lipinski definition) is 1. The molecule has 2 N–H and O–H groups in total. The molecule has 114 valence electrons. The summed E-state index contributed by atoms with van der Waals surface area (Å²) < 4.78 is 0. The molecule has 0 bridgehead atoms. The van der Waals surface area contributed by atoms with E-state index in [1.54, 1.807) is 0 Å². The van der Waals surface area contributed by atoms with E-state index in [1.165, 1.54) is 11.3 Å². The first-order valence-corrected chi connectivity index (χ1v) is 7.96. The molecule has 1 atom stereocenters. The number of hydrogen-bond acceptors (Lipinski definition) is 2. The molecule has 1 rings (SSSR count). The molecule has 2 nitrogen and oxygen atoms in total. The van der Waals surface area contributed by atoms with Gasteiger partial charge in [0, 0.05) is 29.8 Å². The van der Waals surface area contributed by atoms with Gasteiger partial charge in [-0.05, 0) is 48.9 Å². The smallest absolute Gasteiger partial charge is 0.0410 e. The lowest BCUT2D eigenvalue weighted by Crippen LogP contribution is -2.32. The van der Waals surface area contributed by atoms with E-state index in [4.69, 9.17) is 17.3 Å². The lowest BCUT2D eigenvalue weighted by Gasteiger charge is -2.31. The van der Waals surface area contributed by atoms with E-state index in [0.29, 0.717) is 11.8 Å². The highest BCUT2D eigenvalue weighted by atomic mass is 35.5. The highest BCUT2D eigenvalue weighted by Gasteiger charge is 2.15. The molecular formula is C17H29ClN2. The standard InChI is InChI=1S/C17H29ClN2/c1-12(2)10-20(11-13(3)4)17-7-6-16(18)9-15(17)8-14(5)19/h6-7,9,12-14H,8,10-11,19H2,1-5H3. The van der Waals surface area contributed by atoms with Crippen molar-refractivity contribution in [2.24, 2.45) is 17.6 Å². The van der Waals surface area contributed by atoms with Gasteiger partial charge in [0.25, 0.3) is 0 Å². The van der Waals surface area contributed by atoms with Crippen LogP contribution in [-0.4, -0.2) is 19.1 Å². The molecule has 0 aliphatic rings. The van der Waals surface area contributed by atoms with Crippen LogP contribution in [0, 0.1) is 11.8 Å². The molecule has 1 unspecified atom stereocenters. The lowest BCUT2D eigenvalue weighted by molar-refractivity contribution is 0.550. The average Bonchev–Trinajstić information content (AvgIpc) is 2.25. The summed E-state index contributed by atoms with van der Waals surface area (Å²) in [4.78, 5) is 2.48. The van der Waals surface area contributed by atoms with Gasteiger partial charge in [0.15, 0.2) is 0 Å². The van der Waals surface area contributed by atoms with E-state index in [-0.39, 0.29) is 6.04 Å². The Morgan fingerprint density at radius 2 is 1.60 bits per heavy atom. The van der Waals surface area contributed by atoms with Crippen LogP contribution in [0.25, 0.3) is 0 Å². The van der Waals surface area contributed by atoms with E-state index in [2.05, 4.69) is 44.7 Å². The lowest BCUT2D eigenvalue weighted by atomic mass is 10.0. The van der Waals surface area contributed by atoms with Crippen LogP contribution in [0.3, 0.4) is 0 Å². The summed E-state index contributed by atoms with van der Waals surface area (Å²) in [5.41, 5.74) is 8.53. The SMILES string of the molecule is CC(C)CN(CC(C)C)c1ccc(Cl)cc1CC(C)N. The third kappa shape index (κ3) is 5.72. The van der Waals surface area contributed by atoms with Crippen molar-refractivity contribution in [2.75, 3.05) is 18.0 Å². The number of halogens is 1. The number of nitrogens with zero attached hydrogens (tertiary/aromatic N) is 1. The molecule has 0 saturated heterocycles. The maximum atomic E-state index is 6.16. The summed E-state index contributed by atoms with van der Waals surface area (Å²) in [6.07, 6.45) is 0.864. The Morgan fingerprint density at radius 1 is 1.05 bits per heavy atom. The van der Waals surface area contributed by atoms with Gasteiger partial charge in [-0.25, -0.2) is 0 Å². The van der Waals surface area contributed by atoms with Crippen molar-refractivity contribution in [3.05, 3.63) is 28.8 Å². The van der Waals surface area contributed by atoms with Gasteiger partial charge in [0.05, 0.1) is 0 Å². The quantitative estimate of drug-likeness (QED) is 0.810. The minimum atomic E-state index is 0.146. The first kappa shape index (κ1) is 17.3. The van der Waals surface area contributed by atoms with E-state index in [9.17, 15) is 0 Å². The Labute approximate surface area is 129 Å². The van der Waals surface area contributed by atoms with E-state index < -0.39 is 0 Å². The van der Waals surface area contributed by atoms with Crippen molar-refractivity contribution in [3.8, 4) is 0 Å². The van der Waals surface area contributed by atoms with Crippen LogP contribution in [0.1, 0.15) is 40.2 Å². The van der Waals surface area contributed by atoms with Crippen LogP contribution in [0.4, 0.5) is 5.69 Å². The average molecular weight is 297 g/mol. The van der Waals surface area contributed by atoms with Crippen LogP contribution in [-0.2, 0) is 6.42 Å². The molecule has 0 saturated carbocycles. The van der Waals surface area contributed by atoms with Crippen molar-refractivity contribution < 1.29 is 0 Å². The molecule has 0 heterocycles. The molecular weight excluding hydrogens is 268 g/mol. The second-order valence-electron chi connectivity index (χ2n) is 6.65. The van der Waals surface area contributed by atoms with Gasteiger partial charge in [-0.3, -0.25) is 0 Å². The number of rotatable bonds is 7. The third-order valence-corrected chi connectivity index (χ3v) is 3.33. The van der Waals surface area contributed by atoms with Crippen LogP contribution in [0.5, 0.6) is 0 Å². The summed E-state index contributed by atoms with van der Waals surface area (Å²) in [5, 5.41) is 0.790. The molecule has 0 aliphatic heterocycles. The van der Waals surface area contributed by atoms with E-state index in [0.717, 1.165) is 24.5 Å². The fraction of sp³-hybridized carbons (Fsp3) is 0.647. The zero-order chi connectivity index (χ0) is 15.3. The minimum Gasteiger partial charge on any atom is -0.371 e. The van der Waals surface area contributed by atoms with Gasteiger partial charge in [-0.2, -0.15) is 0 Å². The first-order chi connectivity index (χ1) is 9.29. The highest BCUT2D eigenvalue weighted by molar-refractivity contribution is 6.30.